The number of nitro groups is 1. The van der Waals surface area contributed by atoms with Gasteiger partial charge in [-0.25, -0.2) is 0 Å². The number of rotatable bonds is 5. The maximum absolute atomic E-state index is 11.3. The van der Waals surface area contributed by atoms with Gasteiger partial charge in [0.05, 0.1) is 10.6 Å². The first kappa shape index (κ1) is 14.3. The summed E-state index contributed by atoms with van der Waals surface area (Å²) < 4.78 is 0. The molecule has 1 aromatic carbocycles. The summed E-state index contributed by atoms with van der Waals surface area (Å²) in [5.74, 6) is -0.111. The third kappa shape index (κ3) is 3.05. The van der Waals surface area contributed by atoms with E-state index in [1.807, 2.05) is 6.92 Å². The van der Waals surface area contributed by atoms with Gasteiger partial charge in [0, 0.05) is 25.1 Å². The Morgan fingerprint density at radius 2 is 2.25 bits per heavy atom. The molecule has 20 heavy (non-hydrogen) atoms. The Hall–Kier alpha value is -2.15. The number of carbonyl (C=O) groups is 1. The van der Waals surface area contributed by atoms with Crippen molar-refractivity contribution in [1.82, 2.24) is 0 Å². The van der Waals surface area contributed by atoms with Crippen LogP contribution in [0.4, 0.5) is 17.1 Å². The predicted molar refractivity (Wildman–Crippen MR) is 76.8 cm³/mol. The Morgan fingerprint density at radius 3 is 2.90 bits per heavy atom. The highest BCUT2D eigenvalue weighted by Gasteiger charge is 2.22. The van der Waals surface area contributed by atoms with E-state index in [0.717, 1.165) is 12.0 Å². The van der Waals surface area contributed by atoms with Crippen LogP contribution in [-0.2, 0) is 11.2 Å². The smallest absolute Gasteiger partial charge is 0.294 e. The van der Waals surface area contributed by atoms with Gasteiger partial charge in [0.1, 0.15) is 5.69 Å². The van der Waals surface area contributed by atoms with Crippen molar-refractivity contribution in [1.29, 1.82) is 0 Å². The number of hydrogen-bond donors (Lipinski definition) is 3. The summed E-state index contributed by atoms with van der Waals surface area (Å²) in [6.45, 7) is 2.44. The van der Waals surface area contributed by atoms with Crippen molar-refractivity contribution in [2.45, 2.75) is 32.2 Å². The number of nitrogens with zero attached hydrogens (tertiary/aromatic N) is 1. The molecule has 1 aromatic rings. The molecule has 0 bridgehead atoms. The molecule has 0 saturated carbocycles. The molecule has 1 amide bonds. The molecule has 2 rings (SSSR count). The molecule has 1 aliphatic heterocycles. The van der Waals surface area contributed by atoms with Crippen LogP contribution in [0.2, 0.25) is 0 Å². The molecule has 0 aliphatic carbocycles. The fourth-order valence-corrected chi connectivity index (χ4v) is 2.10. The second-order valence-electron chi connectivity index (χ2n) is 4.88. The van der Waals surface area contributed by atoms with Crippen LogP contribution < -0.4 is 16.4 Å². The van der Waals surface area contributed by atoms with E-state index < -0.39 is 4.92 Å². The van der Waals surface area contributed by atoms with Crippen LogP contribution in [0.15, 0.2) is 12.1 Å². The van der Waals surface area contributed by atoms with Crippen molar-refractivity contribution >= 4 is 23.0 Å². The molecule has 1 unspecified atom stereocenters. The lowest BCUT2D eigenvalue weighted by Crippen LogP contribution is -2.28. The molecule has 1 aliphatic rings. The summed E-state index contributed by atoms with van der Waals surface area (Å²) in [4.78, 5) is 22.0. The Bertz CT molecular complexity index is 545. The number of nitrogens with one attached hydrogen (secondary N) is 2. The molecule has 1 atom stereocenters. The van der Waals surface area contributed by atoms with E-state index >= 15 is 0 Å². The number of hydrogen-bond acceptors (Lipinski definition) is 5. The highest BCUT2D eigenvalue weighted by Crippen LogP contribution is 2.34. The Balaban J connectivity index is 2.30. The number of amides is 1. The lowest BCUT2D eigenvalue weighted by Gasteiger charge is -2.19. The molecule has 0 fully saturated rings. The maximum Gasteiger partial charge on any atom is 0.294 e. The molecular weight excluding hydrogens is 260 g/mol. The van der Waals surface area contributed by atoms with Gasteiger partial charge in [-0.3, -0.25) is 14.9 Å². The topological polar surface area (TPSA) is 110 Å². The first-order valence-electron chi connectivity index (χ1n) is 6.62. The minimum absolute atomic E-state index is 0.0470. The highest BCUT2D eigenvalue weighted by atomic mass is 16.6. The minimum atomic E-state index is -0.457. The average molecular weight is 278 g/mol. The van der Waals surface area contributed by atoms with Crippen LogP contribution >= 0.6 is 0 Å². The molecule has 0 saturated heterocycles. The number of carbonyl (C=O) groups excluding carboxylic acids is 1. The van der Waals surface area contributed by atoms with E-state index in [4.69, 9.17) is 5.73 Å². The SMILES string of the molecule is CCC(N)CNc1cc2c(cc1[N+](=O)[O-])NC(=O)CC2. The van der Waals surface area contributed by atoms with Crippen molar-refractivity contribution in [2.75, 3.05) is 17.2 Å². The normalized spacial score (nSPS) is 15.2. The summed E-state index contributed by atoms with van der Waals surface area (Å²) >= 11 is 0. The molecule has 4 N–H and O–H groups in total. The Kier molecular flexibility index (Phi) is 4.19. The molecule has 0 radical (unpaired) electrons. The Morgan fingerprint density at radius 1 is 1.50 bits per heavy atom. The van der Waals surface area contributed by atoms with Crippen LogP contribution in [0.3, 0.4) is 0 Å². The van der Waals surface area contributed by atoms with Crippen LogP contribution in [0.5, 0.6) is 0 Å². The van der Waals surface area contributed by atoms with Crippen molar-refractivity contribution in [2.24, 2.45) is 5.73 Å². The Labute approximate surface area is 116 Å². The lowest BCUT2D eigenvalue weighted by molar-refractivity contribution is -0.383. The zero-order chi connectivity index (χ0) is 14.7. The van der Waals surface area contributed by atoms with Crippen molar-refractivity contribution < 1.29 is 9.72 Å². The van der Waals surface area contributed by atoms with Gasteiger partial charge in [-0.1, -0.05) is 6.92 Å². The third-order valence-electron chi connectivity index (χ3n) is 3.39. The van der Waals surface area contributed by atoms with E-state index in [1.165, 1.54) is 6.07 Å². The molecular formula is C13H18N4O3. The maximum atomic E-state index is 11.3. The van der Waals surface area contributed by atoms with Crippen LogP contribution in [-0.4, -0.2) is 23.4 Å². The molecule has 108 valence electrons. The molecule has 0 aromatic heterocycles. The zero-order valence-corrected chi connectivity index (χ0v) is 11.3. The van der Waals surface area contributed by atoms with Gasteiger partial charge in [0.25, 0.3) is 5.69 Å². The van der Waals surface area contributed by atoms with E-state index in [0.29, 0.717) is 30.8 Å². The van der Waals surface area contributed by atoms with Gasteiger partial charge in [-0.2, -0.15) is 0 Å². The molecule has 0 spiro atoms. The summed E-state index contributed by atoms with van der Waals surface area (Å²) in [6, 6.07) is 3.09. The van der Waals surface area contributed by atoms with Crippen LogP contribution in [0.1, 0.15) is 25.3 Å². The molecule has 1 heterocycles. The van der Waals surface area contributed by atoms with E-state index in [-0.39, 0.29) is 17.6 Å². The molecule has 7 nitrogen and oxygen atoms in total. The second-order valence-corrected chi connectivity index (χ2v) is 4.88. The second kappa shape index (κ2) is 5.87. The molecule has 7 heteroatoms. The number of fused-ring (bicyclic) bond motifs is 1. The standard InChI is InChI=1S/C13H18N4O3/c1-2-9(14)7-15-11-5-8-3-4-13(18)16-10(8)6-12(11)17(19)20/h5-6,9,15H,2-4,7,14H2,1H3,(H,16,18). The van der Waals surface area contributed by atoms with Crippen LogP contribution in [0.25, 0.3) is 0 Å². The highest BCUT2D eigenvalue weighted by molar-refractivity contribution is 5.95. The van der Waals surface area contributed by atoms with E-state index in [2.05, 4.69) is 10.6 Å². The monoisotopic (exact) mass is 278 g/mol. The summed E-state index contributed by atoms with van der Waals surface area (Å²) in [7, 11) is 0. The zero-order valence-electron chi connectivity index (χ0n) is 11.3. The van der Waals surface area contributed by atoms with Crippen molar-refractivity contribution in [3.05, 3.63) is 27.8 Å². The van der Waals surface area contributed by atoms with Crippen LogP contribution in [0, 0.1) is 10.1 Å². The first-order valence-corrected chi connectivity index (χ1v) is 6.62. The van der Waals surface area contributed by atoms with E-state index in [1.54, 1.807) is 6.07 Å². The number of aryl methyl sites for hydroxylation is 1. The van der Waals surface area contributed by atoms with Gasteiger partial charge in [-0.15, -0.1) is 0 Å². The summed E-state index contributed by atoms with van der Waals surface area (Å²) in [5.41, 5.74) is 7.65. The van der Waals surface area contributed by atoms with Gasteiger partial charge >= 0.3 is 0 Å². The fraction of sp³-hybridized carbons (Fsp3) is 0.462. The fourth-order valence-electron chi connectivity index (χ4n) is 2.10. The summed E-state index contributed by atoms with van der Waals surface area (Å²) in [6.07, 6.45) is 1.79. The van der Waals surface area contributed by atoms with Gasteiger partial charge in [0.15, 0.2) is 0 Å². The van der Waals surface area contributed by atoms with Gasteiger partial charge in [-0.05, 0) is 24.5 Å². The van der Waals surface area contributed by atoms with Gasteiger partial charge < -0.3 is 16.4 Å². The first-order chi connectivity index (χ1) is 9.51. The summed E-state index contributed by atoms with van der Waals surface area (Å²) in [5, 5.41) is 16.8. The average Bonchev–Trinajstić information content (AvgIpc) is 2.43. The van der Waals surface area contributed by atoms with Crippen molar-refractivity contribution in [3.63, 3.8) is 0 Å². The third-order valence-corrected chi connectivity index (χ3v) is 3.39. The predicted octanol–water partition coefficient (Wildman–Crippen LogP) is 1.63. The van der Waals surface area contributed by atoms with Gasteiger partial charge in [0.2, 0.25) is 5.91 Å². The minimum Gasteiger partial charge on any atom is -0.378 e. The largest absolute Gasteiger partial charge is 0.378 e. The lowest BCUT2D eigenvalue weighted by atomic mass is 10.0. The number of nitro benzene ring substituents is 1. The number of anilines is 2. The number of nitrogens with two attached hydrogens (primary N) is 1. The number of benzene rings is 1. The van der Waals surface area contributed by atoms with E-state index in [9.17, 15) is 14.9 Å². The van der Waals surface area contributed by atoms with Crippen molar-refractivity contribution in [3.8, 4) is 0 Å². The quantitative estimate of drug-likeness (QED) is 0.560.